The summed E-state index contributed by atoms with van der Waals surface area (Å²) in [5.41, 5.74) is 2.58. The van der Waals surface area contributed by atoms with Crippen molar-refractivity contribution in [1.82, 2.24) is 4.90 Å². The second-order valence-electron chi connectivity index (χ2n) is 5.96. The molecule has 0 bridgehead atoms. The maximum Gasteiger partial charge on any atom is 0.0900 e. The van der Waals surface area contributed by atoms with Crippen LogP contribution in [0.25, 0.3) is 0 Å². The molecule has 1 aromatic carbocycles. The first-order valence-electron chi connectivity index (χ1n) is 7.89. The number of hydrogen-bond acceptors (Lipinski definition) is 4. The van der Waals surface area contributed by atoms with E-state index in [0.29, 0.717) is 25.8 Å². The van der Waals surface area contributed by atoms with E-state index in [-0.39, 0.29) is 0 Å². The number of nitrogens with zero attached hydrogens (tertiary/aromatic N) is 2. The van der Waals surface area contributed by atoms with Gasteiger partial charge in [0.05, 0.1) is 12.7 Å². The van der Waals surface area contributed by atoms with E-state index < -0.39 is 6.10 Å². The zero-order chi connectivity index (χ0) is 15.2. The van der Waals surface area contributed by atoms with E-state index in [0.717, 1.165) is 13.0 Å². The molecule has 1 fully saturated rings. The number of benzene rings is 1. The summed E-state index contributed by atoms with van der Waals surface area (Å²) in [6, 6.07) is 9.13. The monoisotopic (exact) mass is 292 g/mol. The van der Waals surface area contributed by atoms with Crippen molar-refractivity contribution in [3.05, 3.63) is 29.8 Å². The van der Waals surface area contributed by atoms with Crippen molar-refractivity contribution in [1.29, 1.82) is 0 Å². The van der Waals surface area contributed by atoms with Crippen molar-refractivity contribution in [2.24, 2.45) is 0 Å². The molecule has 4 nitrogen and oxygen atoms in total. The number of hydrogen-bond donors (Lipinski definition) is 1. The van der Waals surface area contributed by atoms with Gasteiger partial charge in [-0.2, -0.15) is 0 Å². The Balaban J connectivity index is 2.02. The van der Waals surface area contributed by atoms with Crippen LogP contribution in [-0.2, 0) is 4.74 Å². The average molecular weight is 292 g/mol. The van der Waals surface area contributed by atoms with Gasteiger partial charge in [0.2, 0.25) is 0 Å². The summed E-state index contributed by atoms with van der Waals surface area (Å²) < 4.78 is 5.31. The molecule has 21 heavy (non-hydrogen) atoms. The van der Waals surface area contributed by atoms with Crippen molar-refractivity contribution in [3.63, 3.8) is 0 Å². The van der Waals surface area contributed by atoms with Gasteiger partial charge in [-0.1, -0.05) is 12.1 Å². The minimum absolute atomic E-state index is 0.400. The third kappa shape index (κ3) is 4.43. The third-order valence-corrected chi connectivity index (χ3v) is 4.09. The van der Waals surface area contributed by atoms with Crippen molar-refractivity contribution in [3.8, 4) is 0 Å². The Morgan fingerprint density at radius 3 is 2.95 bits per heavy atom. The number of anilines is 1. The molecule has 0 aliphatic carbocycles. The first-order chi connectivity index (χ1) is 10.1. The van der Waals surface area contributed by atoms with Crippen LogP contribution in [0.1, 0.15) is 31.4 Å². The lowest BCUT2D eigenvalue weighted by molar-refractivity contribution is 0.0186. The molecule has 1 aliphatic heterocycles. The van der Waals surface area contributed by atoms with Crippen molar-refractivity contribution < 1.29 is 9.84 Å². The number of β-amino-alcohol motifs (C(OH)–C–C–N with tert-alkyl or cyclic N) is 1. The molecular weight excluding hydrogens is 264 g/mol. The second kappa shape index (κ2) is 7.78. The Morgan fingerprint density at radius 2 is 2.24 bits per heavy atom. The fourth-order valence-electron chi connectivity index (χ4n) is 3.01. The molecular formula is C17H28N2O2. The molecule has 0 unspecified atom stereocenters. The van der Waals surface area contributed by atoms with Gasteiger partial charge >= 0.3 is 0 Å². The average Bonchev–Trinajstić information content (AvgIpc) is 2.93. The summed E-state index contributed by atoms with van der Waals surface area (Å²) in [6.07, 6.45) is 1.96. The summed E-state index contributed by atoms with van der Waals surface area (Å²) in [5, 5.41) is 10.1. The zero-order valence-corrected chi connectivity index (χ0v) is 13.5. The fourth-order valence-corrected chi connectivity index (χ4v) is 3.01. The summed E-state index contributed by atoms with van der Waals surface area (Å²) in [6.45, 7) is 4.79. The summed E-state index contributed by atoms with van der Waals surface area (Å²) in [7, 11) is 4.13. The largest absolute Gasteiger partial charge is 0.389 e. The summed E-state index contributed by atoms with van der Waals surface area (Å²) in [4.78, 5) is 4.52. The topological polar surface area (TPSA) is 35.9 Å². The quantitative estimate of drug-likeness (QED) is 0.836. The van der Waals surface area contributed by atoms with E-state index in [4.69, 9.17) is 4.74 Å². The van der Waals surface area contributed by atoms with E-state index in [2.05, 4.69) is 48.2 Å². The summed E-state index contributed by atoms with van der Waals surface area (Å²) >= 11 is 0. The van der Waals surface area contributed by atoms with Gasteiger partial charge in [0.1, 0.15) is 0 Å². The highest BCUT2D eigenvalue weighted by Crippen LogP contribution is 2.33. The highest BCUT2D eigenvalue weighted by Gasteiger charge is 2.27. The molecule has 4 heteroatoms. The fraction of sp³-hybridized carbons (Fsp3) is 0.647. The van der Waals surface area contributed by atoms with E-state index in [9.17, 15) is 5.11 Å². The van der Waals surface area contributed by atoms with Crippen LogP contribution in [-0.4, -0.2) is 56.5 Å². The van der Waals surface area contributed by atoms with Crippen molar-refractivity contribution in [2.75, 3.05) is 45.3 Å². The molecule has 0 aromatic heterocycles. The SMILES string of the molecule is CCOC[C@@H](O)CN1CCC[C@@H]1c1cccc(N(C)C)c1. The predicted molar refractivity (Wildman–Crippen MR) is 86.8 cm³/mol. The van der Waals surface area contributed by atoms with Gasteiger partial charge in [-0.15, -0.1) is 0 Å². The van der Waals surface area contributed by atoms with Crippen LogP contribution in [0.4, 0.5) is 5.69 Å². The van der Waals surface area contributed by atoms with E-state index >= 15 is 0 Å². The first kappa shape index (κ1) is 16.3. The van der Waals surface area contributed by atoms with Crippen molar-refractivity contribution >= 4 is 5.69 Å². The second-order valence-corrected chi connectivity index (χ2v) is 5.96. The highest BCUT2D eigenvalue weighted by atomic mass is 16.5. The maximum absolute atomic E-state index is 10.1. The number of ether oxygens (including phenoxy) is 1. The summed E-state index contributed by atoms with van der Waals surface area (Å²) in [5.74, 6) is 0. The van der Waals surface area contributed by atoms with Gasteiger partial charge in [-0.25, -0.2) is 0 Å². The van der Waals surface area contributed by atoms with Crippen LogP contribution in [0.5, 0.6) is 0 Å². The van der Waals surface area contributed by atoms with Crippen LogP contribution >= 0.6 is 0 Å². The Morgan fingerprint density at radius 1 is 1.43 bits per heavy atom. The lowest BCUT2D eigenvalue weighted by Gasteiger charge is -2.27. The van der Waals surface area contributed by atoms with Gasteiger partial charge in [-0.05, 0) is 44.0 Å². The van der Waals surface area contributed by atoms with E-state index in [1.165, 1.54) is 17.7 Å². The van der Waals surface area contributed by atoms with Crippen LogP contribution in [0.15, 0.2) is 24.3 Å². The molecule has 0 spiro atoms. The molecule has 2 rings (SSSR count). The highest BCUT2D eigenvalue weighted by molar-refractivity contribution is 5.48. The Bertz CT molecular complexity index is 437. The molecule has 1 N–H and O–H groups in total. The number of rotatable bonds is 7. The first-order valence-corrected chi connectivity index (χ1v) is 7.89. The van der Waals surface area contributed by atoms with E-state index in [1.54, 1.807) is 0 Å². The van der Waals surface area contributed by atoms with Gasteiger partial charge in [0.15, 0.2) is 0 Å². The number of aliphatic hydroxyl groups is 1. The zero-order valence-electron chi connectivity index (χ0n) is 13.5. The molecule has 0 amide bonds. The predicted octanol–water partition coefficient (Wildman–Crippen LogP) is 2.29. The number of likely N-dealkylation sites (tertiary alicyclic amines) is 1. The van der Waals surface area contributed by atoms with Gasteiger partial charge < -0.3 is 14.7 Å². The Hall–Kier alpha value is -1.10. The molecule has 2 atom stereocenters. The lowest BCUT2D eigenvalue weighted by Crippen LogP contribution is -2.34. The molecule has 118 valence electrons. The Labute approximate surface area is 128 Å². The standard InChI is InChI=1S/C17H28N2O2/c1-4-21-13-16(20)12-19-10-6-9-17(19)14-7-5-8-15(11-14)18(2)3/h5,7-8,11,16-17,20H,4,6,9-10,12-13H2,1-3H3/t16-,17+/m0/s1. The lowest BCUT2D eigenvalue weighted by atomic mass is 10.0. The van der Waals surface area contributed by atoms with Gasteiger partial charge in [0.25, 0.3) is 0 Å². The molecule has 0 radical (unpaired) electrons. The molecule has 1 saturated heterocycles. The minimum atomic E-state index is -0.400. The van der Waals surface area contributed by atoms with Gasteiger partial charge in [0, 0.05) is 39.0 Å². The number of aliphatic hydroxyl groups excluding tert-OH is 1. The van der Waals surface area contributed by atoms with Crippen LogP contribution in [0.2, 0.25) is 0 Å². The smallest absolute Gasteiger partial charge is 0.0900 e. The Kier molecular flexibility index (Phi) is 6.03. The normalized spacial score (nSPS) is 20.7. The molecule has 0 saturated carbocycles. The molecule has 1 aromatic rings. The van der Waals surface area contributed by atoms with Crippen LogP contribution in [0.3, 0.4) is 0 Å². The molecule has 1 heterocycles. The van der Waals surface area contributed by atoms with Gasteiger partial charge in [-0.3, -0.25) is 4.90 Å². The van der Waals surface area contributed by atoms with Crippen LogP contribution < -0.4 is 4.90 Å². The molecule has 1 aliphatic rings. The third-order valence-electron chi connectivity index (χ3n) is 4.09. The van der Waals surface area contributed by atoms with Crippen molar-refractivity contribution in [2.45, 2.75) is 31.9 Å². The van der Waals surface area contributed by atoms with E-state index in [1.807, 2.05) is 6.92 Å². The van der Waals surface area contributed by atoms with Crippen LogP contribution in [0, 0.1) is 0 Å². The maximum atomic E-state index is 10.1. The minimum Gasteiger partial charge on any atom is -0.389 e.